The van der Waals surface area contributed by atoms with E-state index >= 15 is 0 Å². The van der Waals surface area contributed by atoms with Gasteiger partial charge in [0.15, 0.2) is 0 Å². The Kier molecular flexibility index (Phi) is 5.03. The summed E-state index contributed by atoms with van der Waals surface area (Å²) in [5, 5.41) is 2.32. The van der Waals surface area contributed by atoms with Crippen LogP contribution in [0.2, 0.25) is 0 Å². The zero-order valence-electron chi connectivity index (χ0n) is 8.71. The summed E-state index contributed by atoms with van der Waals surface area (Å²) in [4.78, 5) is 22.3. The lowest BCUT2D eigenvalue weighted by molar-refractivity contribution is 0.0936. The largest absolute Gasteiger partial charge is 0.340 e. The fourth-order valence-corrected chi connectivity index (χ4v) is 1.50. The average Bonchev–Trinajstić information content (AvgIpc) is 2.35. The van der Waals surface area contributed by atoms with Gasteiger partial charge >= 0.3 is 6.03 Å². The molecule has 0 aliphatic rings. The maximum atomic E-state index is 11.5. The summed E-state index contributed by atoms with van der Waals surface area (Å²) in [6, 6.07) is 6.73. The zero-order valence-corrected chi connectivity index (χ0v) is 10.9. The summed E-state index contributed by atoms with van der Waals surface area (Å²) >= 11 is 2.25. The van der Waals surface area contributed by atoms with E-state index in [1.54, 1.807) is 12.1 Å². The van der Waals surface area contributed by atoms with Crippen LogP contribution in [0, 0.1) is 0 Å². The lowest BCUT2D eigenvalue weighted by Gasteiger charge is -2.06. The monoisotopic (exact) mass is 333 g/mol. The first kappa shape index (κ1) is 12.8. The molecule has 1 aromatic rings. The average molecular weight is 333 g/mol. The number of carbonyl (C=O) groups excluding carboxylic acids is 2. The summed E-state index contributed by atoms with van der Waals surface area (Å²) in [5.74, 6) is -0.344. The summed E-state index contributed by atoms with van der Waals surface area (Å²) < 4.78 is 0.899. The van der Waals surface area contributed by atoms with E-state index in [2.05, 4.69) is 38.8 Å². The third kappa shape index (κ3) is 3.69. The standard InChI is InChI=1S/C10H12IN3O2/c1-12-10(16)14-13-9(15)8-4-2-7(6-11)3-5-8/h2-5H,6H2,1H3,(H,13,15)(H2,12,14,16). The molecule has 0 spiro atoms. The van der Waals surface area contributed by atoms with Gasteiger partial charge in [0.2, 0.25) is 0 Å². The van der Waals surface area contributed by atoms with Gasteiger partial charge in [-0.15, -0.1) is 0 Å². The topological polar surface area (TPSA) is 70.2 Å². The van der Waals surface area contributed by atoms with Crippen molar-refractivity contribution in [1.29, 1.82) is 0 Å². The Morgan fingerprint density at radius 3 is 2.31 bits per heavy atom. The van der Waals surface area contributed by atoms with E-state index in [0.717, 1.165) is 9.99 Å². The minimum atomic E-state index is -0.461. The van der Waals surface area contributed by atoms with Crippen molar-refractivity contribution in [2.45, 2.75) is 4.43 Å². The van der Waals surface area contributed by atoms with E-state index in [1.807, 2.05) is 12.1 Å². The van der Waals surface area contributed by atoms with Gasteiger partial charge in [0.1, 0.15) is 0 Å². The van der Waals surface area contributed by atoms with E-state index in [0.29, 0.717) is 5.56 Å². The van der Waals surface area contributed by atoms with Gasteiger partial charge < -0.3 is 5.32 Å². The fourth-order valence-electron chi connectivity index (χ4n) is 0.993. The molecule has 0 saturated carbocycles. The zero-order chi connectivity index (χ0) is 12.0. The molecule has 0 aliphatic heterocycles. The highest BCUT2D eigenvalue weighted by molar-refractivity contribution is 14.1. The van der Waals surface area contributed by atoms with Gasteiger partial charge in [-0.25, -0.2) is 10.2 Å². The van der Waals surface area contributed by atoms with Crippen molar-refractivity contribution >= 4 is 34.5 Å². The molecule has 0 unspecified atom stereocenters. The molecular weight excluding hydrogens is 321 g/mol. The molecule has 0 bridgehead atoms. The van der Waals surface area contributed by atoms with E-state index in [9.17, 15) is 9.59 Å². The molecule has 0 fully saturated rings. The minimum Gasteiger partial charge on any atom is -0.340 e. The van der Waals surface area contributed by atoms with Gasteiger partial charge in [-0.05, 0) is 17.7 Å². The Morgan fingerprint density at radius 2 is 1.81 bits per heavy atom. The highest BCUT2D eigenvalue weighted by Crippen LogP contribution is 2.07. The number of alkyl halides is 1. The molecule has 0 aromatic heterocycles. The second kappa shape index (κ2) is 6.31. The lowest BCUT2D eigenvalue weighted by atomic mass is 10.1. The molecule has 1 aromatic carbocycles. The Morgan fingerprint density at radius 1 is 1.19 bits per heavy atom. The van der Waals surface area contributed by atoms with E-state index in [-0.39, 0.29) is 5.91 Å². The Balaban J connectivity index is 2.56. The second-order valence-corrected chi connectivity index (χ2v) is 3.75. The third-order valence-electron chi connectivity index (χ3n) is 1.89. The number of amides is 3. The van der Waals surface area contributed by atoms with Gasteiger partial charge in [0.05, 0.1) is 0 Å². The van der Waals surface area contributed by atoms with Crippen LogP contribution in [0.25, 0.3) is 0 Å². The quantitative estimate of drug-likeness (QED) is 0.432. The summed E-state index contributed by atoms with van der Waals surface area (Å²) in [7, 11) is 1.47. The van der Waals surface area contributed by atoms with Crippen molar-refractivity contribution in [3.8, 4) is 0 Å². The van der Waals surface area contributed by atoms with Crippen LogP contribution in [0.3, 0.4) is 0 Å². The Bertz CT molecular complexity index is 378. The van der Waals surface area contributed by atoms with Crippen molar-refractivity contribution in [3.05, 3.63) is 35.4 Å². The number of hydrogen-bond donors (Lipinski definition) is 3. The van der Waals surface area contributed by atoms with Gasteiger partial charge in [-0.3, -0.25) is 10.2 Å². The van der Waals surface area contributed by atoms with E-state index in [1.165, 1.54) is 7.05 Å². The van der Waals surface area contributed by atoms with Gasteiger partial charge in [0.25, 0.3) is 5.91 Å². The number of halogens is 1. The predicted molar refractivity (Wildman–Crippen MR) is 69.2 cm³/mol. The molecule has 3 amide bonds. The molecule has 86 valence electrons. The molecule has 0 atom stereocenters. The van der Waals surface area contributed by atoms with Crippen LogP contribution in [0.5, 0.6) is 0 Å². The van der Waals surface area contributed by atoms with Crippen molar-refractivity contribution in [2.75, 3.05) is 7.05 Å². The third-order valence-corrected chi connectivity index (χ3v) is 2.77. The van der Waals surface area contributed by atoms with Crippen molar-refractivity contribution in [2.24, 2.45) is 0 Å². The molecule has 16 heavy (non-hydrogen) atoms. The number of carbonyl (C=O) groups is 2. The molecule has 0 saturated heterocycles. The van der Waals surface area contributed by atoms with Crippen LogP contribution in [0.1, 0.15) is 15.9 Å². The molecule has 5 nitrogen and oxygen atoms in total. The number of hydrogen-bond acceptors (Lipinski definition) is 2. The summed E-state index contributed by atoms with van der Waals surface area (Å²) in [5.41, 5.74) is 6.15. The minimum absolute atomic E-state index is 0.344. The summed E-state index contributed by atoms with van der Waals surface area (Å²) in [6.45, 7) is 0. The number of rotatable bonds is 2. The highest BCUT2D eigenvalue weighted by Gasteiger charge is 2.05. The van der Waals surface area contributed by atoms with Gasteiger partial charge in [-0.2, -0.15) is 0 Å². The fraction of sp³-hybridized carbons (Fsp3) is 0.200. The van der Waals surface area contributed by atoms with Gasteiger partial charge in [-0.1, -0.05) is 34.7 Å². The molecular formula is C10H12IN3O2. The lowest BCUT2D eigenvalue weighted by Crippen LogP contribution is -2.45. The predicted octanol–water partition coefficient (Wildman–Crippen LogP) is 1.20. The van der Waals surface area contributed by atoms with Crippen molar-refractivity contribution in [1.82, 2.24) is 16.2 Å². The van der Waals surface area contributed by atoms with Crippen LogP contribution in [-0.2, 0) is 4.43 Å². The van der Waals surface area contributed by atoms with Crippen LogP contribution in [0.4, 0.5) is 4.79 Å². The Labute approximate surface area is 107 Å². The smallest absolute Gasteiger partial charge is 0.333 e. The molecule has 0 radical (unpaired) electrons. The van der Waals surface area contributed by atoms with E-state index in [4.69, 9.17) is 0 Å². The van der Waals surface area contributed by atoms with Crippen LogP contribution < -0.4 is 16.2 Å². The van der Waals surface area contributed by atoms with Crippen LogP contribution >= 0.6 is 22.6 Å². The van der Waals surface area contributed by atoms with Crippen LogP contribution in [0.15, 0.2) is 24.3 Å². The summed E-state index contributed by atoms with van der Waals surface area (Å²) in [6.07, 6.45) is 0. The SMILES string of the molecule is CNC(=O)NNC(=O)c1ccc(CI)cc1. The number of urea groups is 1. The molecule has 0 aliphatic carbocycles. The Hall–Kier alpha value is -1.31. The molecule has 0 heterocycles. The first-order valence-electron chi connectivity index (χ1n) is 4.60. The molecule has 1 rings (SSSR count). The highest BCUT2D eigenvalue weighted by atomic mass is 127. The van der Waals surface area contributed by atoms with Crippen molar-refractivity contribution < 1.29 is 9.59 Å². The molecule has 6 heteroatoms. The van der Waals surface area contributed by atoms with Crippen LogP contribution in [-0.4, -0.2) is 19.0 Å². The number of hydrazine groups is 1. The molecule has 3 N–H and O–H groups in total. The second-order valence-electron chi connectivity index (χ2n) is 2.99. The van der Waals surface area contributed by atoms with Gasteiger partial charge in [0, 0.05) is 17.0 Å². The normalized spacial score (nSPS) is 9.38. The number of nitrogens with one attached hydrogen (secondary N) is 3. The number of benzene rings is 1. The van der Waals surface area contributed by atoms with E-state index < -0.39 is 6.03 Å². The maximum absolute atomic E-state index is 11.5. The van der Waals surface area contributed by atoms with Crippen molar-refractivity contribution in [3.63, 3.8) is 0 Å². The first-order valence-corrected chi connectivity index (χ1v) is 6.13. The first-order chi connectivity index (χ1) is 7.67. The maximum Gasteiger partial charge on any atom is 0.333 e.